The second-order valence-electron chi connectivity index (χ2n) is 5.01. The van der Waals surface area contributed by atoms with Gasteiger partial charge < -0.3 is 10.2 Å². The van der Waals surface area contributed by atoms with E-state index in [0.29, 0.717) is 11.5 Å². The zero-order valence-electron chi connectivity index (χ0n) is 11.1. The lowest BCUT2D eigenvalue weighted by Crippen LogP contribution is -2.35. The predicted octanol–water partition coefficient (Wildman–Crippen LogP) is 1.70. The van der Waals surface area contributed by atoms with Crippen molar-refractivity contribution >= 4 is 5.82 Å². The molecule has 0 unspecified atom stereocenters. The van der Waals surface area contributed by atoms with Crippen LogP contribution in [-0.4, -0.2) is 31.7 Å². The molecule has 4 heteroatoms. The first-order valence-electron chi connectivity index (χ1n) is 6.50. The van der Waals surface area contributed by atoms with Crippen molar-refractivity contribution in [3.63, 3.8) is 0 Å². The van der Waals surface area contributed by atoms with Crippen LogP contribution < -0.4 is 10.2 Å². The predicted molar refractivity (Wildman–Crippen MR) is 72.6 cm³/mol. The van der Waals surface area contributed by atoms with Gasteiger partial charge in [-0.15, -0.1) is 0 Å². The summed E-state index contributed by atoms with van der Waals surface area (Å²) in [5.41, 5.74) is 1.62. The first-order valence-corrected chi connectivity index (χ1v) is 6.50. The number of nitriles is 1. The first-order chi connectivity index (χ1) is 8.70. The number of aromatic nitrogens is 1. The van der Waals surface area contributed by atoms with Crippen molar-refractivity contribution in [2.75, 3.05) is 31.6 Å². The van der Waals surface area contributed by atoms with Crippen LogP contribution in [0.2, 0.25) is 0 Å². The van der Waals surface area contributed by atoms with Crippen LogP contribution in [-0.2, 0) is 0 Å². The van der Waals surface area contributed by atoms with Crippen LogP contribution in [0.3, 0.4) is 0 Å². The van der Waals surface area contributed by atoms with E-state index in [4.69, 9.17) is 5.26 Å². The van der Waals surface area contributed by atoms with Crippen molar-refractivity contribution < 1.29 is 0 Å². The van der Waals surface area contributed by atoms with E-state index in [2.05, 4.69) is 21.3 Å². The number of anilines is 1. The first kappa shape index (κ1) is 12.8. The molecule has 0 radical (unpaired) electrons. The van der Waals surface area contributed by atoms with Gasteiger partial charge in [-0.2, -0.15) is 5.26 Å². The van der Waals surface area contributed by atoms with Crippen LogP contribution >= 0.6 is 0 Å². The summed E-state index contributed by atoms with van der Waals surface area (Å²) in [6.45, 7) is 5.14. The Kier molecular flexibility index (Phi) is 4.16. The summed E-state index contributed by atoms with van der Waals surface area (Å²) in [5.74, 6) is 1.51. The second kappa shape index (κ2) is 5.83. The molecule has 0 bridgehead atoms. The fraction of sp³-hybridized carbons (Fsp3) is 0.571. The Labute approximate surface area is 109 Å². The van der Waals surface area contributed by atoms with Crippen LogP contribution in [0, 0.1) is 24.2 Å². The average Bonchev–Trinajstić information content (AvgIpc) is 2.40. The van der Waals surface area contributed by atoms with Crippen molar-refractivity contribution in [1.29, 1.82) is 5.26 Å². The quantitative estimate of drug-likeness (QED) is 0.879. The highest BCUT2D eigenvalue weighted by atomic mass is 15.2. The number of nitrogens with zero attached hydrogens (tertiary/aromatic N) is 3. The third-order valence-electron chi connectivity index (χ3n) is 3.49. The van der Waals surface area contributed by atoms with Gasteiger partial charge in [0.25, 0.3) is 0 Å². The normalized spacial score (nSPS) is 16.3. The number of nitrogens with one attached hydrogen (secondary N) is 1. The van der Waals surface area contributed by atoms with Crippen molar-refractivity contribution in [3.05, 3.63) is 23.4 Å². The second-order valence-corrected chi connectivity index (χ2v) is 5.01. The maximum absolute atomic E-state index is 9.14. The van der Waals surface area contributed by atoms with E-state index in [-0.39, 0.29) is 0 Å². The van der Waals surface area contributed by atoms with Gasteiger partial charge in [0.1, 0.15) is 11.9 Å². The van der Waals surface area contributed by atoms with E-state index in [1.54, 1.807) is 0 Å². The number of pyridine rings is 1. The summed E-state index contributed by atoms with van der Waals surface area (Å²) < 4.78 is 0. The van der Waals surface area contributed by atoms with Gasteiger partial charge in [-0.05, 0) is 50.9 Å². The minimum Gasteiger partial charge on any atom is -0.358 e. The molecule has 96 valence electrons. The van der Waals surface area contributed by atoms with E-state index in [1.165, 1.54) is 12.8 Å². The van der Waals surface area contributed by atoms with Gasteiger partial charge in [0, 0.05) is 19.3 Å². The van der Waals surface area contributed by atoms with Crippen LogP contribution in [0.4, 0.5) is 5.82 Å². The van der Waals surface area contributed by atoms with Gasteiger partial charge in [-0.25, -0.2) is 4.98 Å². The van der Waals surface area contributed by atoms with Crippen LogP contribution in [0.5, 0.6) is 0 Å². The minimum absolute atomic E-state index is 0.664. The van der Waals surface area contributed by atoms with Gasteiger partial charge in [0.15, 0.2) is 0 Å². The molecule has 1 aliphatic rings. The molecule has 0 spiro atoms. The smallest absolute Gasteiger partial charge is 0.146 e. The van der Waals surface area contributed by atoms with E-state index in [1.807, 2.05) is 26.1 Å². The highest BCUT2D eigenvalue weighted by Gasteiger charge is 2.17. The monoisotopic (exact) mass is 244 g/mol. The van der Waals surface area contributed by atoms with Crippen molar-refractivity contribution in [2.24, 2.45) is 5.92 Å². The average molecular weight is 244 g/mol. The van der Waals surface area contributed by atoms with E-state index >= 15 is 0 Å². The van der Waals surface area contributed by atoms with Gasteiger partial charge >= 0.3 is 0 Å². The fourth-order valence-corrected chi connectivity index (χ4v) is 2.46. The Morgan fingerprint density at radius 3 is 2.83 bits per heavy atom. The summed E-state index contributed by atoms with van der Waals surface area (Å²) in [6.07, 6.45) is 2.41. The van der Waals surface area contributed by atoms with Gasteiger partial charge in [0.2, 0.25) is 0 Å². The van der Waals surface area contributed by atoms with Gasteiger partial charge in [-0.1, -0.05) is 0 Å². The molecule has 0 aromatic carbocycles. The number of rotatable bonds is 3. The summed E-state index contributed by atoms with van der Waals surface area (Å²) in [5, 5.41) is 12.5. The standard InChI is InChI=1S/C14H20N4/c1-11-3-4-13(9-15)14(17-11)18(2)10-12-5-7-16-8-6-12/h3-4,12,16H,5-8,10H2,1-2H3. The summed E-state index contributed by atoms with van der Waals surface area (Å²) in [4.78, 5) is 6.62. The SMILES string of the molecule is Cc1ccc(C#N)c(N(C)CC2CCNCC2)n1. The Balaban J connectivity index is 2.10. The van der Waals surface area contributed by atoms with Crippen molar-refractivity contribution in [1.82, 2.24) is 10.3 Å². The van der Waals surface area contributed by atoms with Gasteiger partial charge in [-0.3, -0.25) is 0 Å². The highest BCUT2D eigenvalue weighted by molar-refractivity contribution is 5.53. The Morgan fingerprint density at radius 1 is 1.44 bits per heavy atom. The lowest BCUT2D eigenvalue weighted by Gasteiger charge is -2.28. The Bertz CT molecular complexity index is 444. The molecule has 2 heterocycles. The third kappa shape index (κ3) is 2.99. The molecule has 1 N–H and O–H groups in total. The topological polar surface area (TPSA) is 52.0 Å². The molecule has 0 saturated carbocycles. The molecule has 1 fully saturated rings. The zero-order valence-corrected chi connectivity index (χ0v) is 11.1. The summed E-state index contributed by atoms with van der Waals surface area (Å²) >= 11 is 0. The number of aryl methyl sites for hydroxylation is 1. The van der Waals surface area contributed by atoms with Crippen molar-refractivity contribution in [3.8, 4) is 6.07 Å². The summed E-state index contributed by atoms with van der Waals surface area (Å²) in [6, 6.07) is 5.97. The third-order valence-corrected chi connectivity index (χ3v) is 3.49. The molecule has 4 nitrogen and oxygen atoms in total. The number of piperidine rings is 1. The Hall–Kier alpha value is -1.60. The molecule has 1 saturated heterocycles. The molecule has 1 aromatic rings. The molecule has 1 aromatic heterocycles. The largest absolute Gasteiger partial charge is 0.358 e. The zero-order chi connectivity index (χ0) is 13.0. The van der Waals surface area contributed by atoms with E-state index in [9.17, 15) is 0 Å². The van der Waals surface area contributed by atoms with E-state index in [0.717, 1.165) is 31.1 Å². The molecule has 0 amide bonds. The molecule has 2 rings (SSSR count). The molecular formula is C14H20N4. The van der Waals surface area contributed by atoms with Crippen LogP contribution in [0.1, 0.15) is 24.1 Å². The van der Waals surface area contributed by atoms with Crippen molar-refractivity contribution in [2.45, 2.75) is 19.8 Å². The van der Waals surface area contributed by atoms with Crippen LogP contribution in [0.15, 0.2) is 12.1 Å². The molecule has 0 aliphatic carbocycles. The van der Waals surface area contributed by atoms with E-state index < -0.39 is 0 Å². The maximum Gasteiger partial charge on any atom is 0.146 e. The molecular weight excluding hydrogens is 224 g/mol. The molecule has 1 aliphatic heterocycles. The summed E-state index contributed by atoms with van der Waals surface area (Å²) in [7, 11) is 2.03. The maximum atomic E-state index is 9.14. The lowest BCUT2D eigenvalue weighted by atomic mass is 9.97. The number of hydrogen-bond acceptors (Lipinski definition) is 4. The fourth-order valence-electron chi connectivity index (χ4n) is 2.46. The van der Waals surface area contributed by atoms with Crippen LogP contribution in [0.25, 0.3) is 0 Å². The lowest BCUT2D eigenvalue weighted by molar-refractivity contribution is 0.377. The number of hydrogen-bond donors (Lipinski definition) is 1. The Morgan fingerprint density at radius 2 is 2.17 bits per heavy atom. The highest BCUT2D eigenvalue weighted by Crippen LogP contribution is 2.20. The molecule has 18 heavy (non-hydrogen) atoms. The minimum atomic E-state index is 0.664. The molecule has 0 atom stereocenters. The van der Waals surface area contributed by atoms with Gasteiger partial charge in [0.05, 0.1) is 5.56 Å².